The van der Waals surface area contributed by atoms with Crippen LogP contribution in [0.3, 0.4) is 0 Å². The summed E-state index contributed by atoms with van der Waals surface area (Å²) in [5.74, 6) is -1.18. The van der Waals surface area contributed by atoms with E-state index < -0.39 is 16.8 Å². The highest BCUT2D eigenvalue weighted by atomic mass is 32.2. The van der Waals surface area contributed by atoms with Crippen LogP contribution in [0.4, 0.5) is 0 Å². The summed E-state index contributed by atoms with van der Waals surface area (Å²) in [5.41, 5.74) is 0. The van der Waals surface area contributed by atoms with Crippen LogP contribution >= 0.6 is 0 Å². The molecule has 1 saturated heterocycles. The lowest BCUT2D eigenvalue weighted by Crippen LogP contribution is -2.42. The van der Waals surface area contributed by atoms with Crippen LogP contribution in [0.25, 0.3) is 0 Å². The van der Waals surface area contributed by atoms with Crippen LogP contribution in [0, 0.1) is 5.92 Å². The molecule has 1 amide bonds. The second-order valence-electron chi connectivity index (χ2n) is 4.74. The molecule has 0 bridgehead atoms. The number of piperidine rings is 1. The van der Waals surface area contributed by atoms with Crippen molar-refractivity contribution < 1.29 is 18.9 Å². The maximum atomic E-state index is 11.9. The van der Waals surface area contributed by atoms with Gasteiger partial charge in [0, 0.05) is 29.1 Å². The highest BCUT2D eigenvalue weighted by Gasteiger charge is 2.27. The number of carboxylic acid groups (broad SMARTS) is 1. The summed E-state index contributed by atoms with van der Waals surface area (Å²) in [6.07, 6.45) is 1.79. The van der Waals surface area contributed by atoms with Gasteiger partial charge in [0.2, 0.25) is 5.91 Å². The Bertz CT molecular complexity index is 337. The molecule has 2 atom stereocenters. The third-order valence-electron chi connectivity index (χ3n) is 3.49. The lowest BCUT2D eigenvalue weighted by molar-refractivity contribution is -0.145. The molecule has 0 saturated carbocycles. The molecular formula is C12H21NO4S. The van der Waals surface area contributed by atoms with Crippen molar-refractivity contribution in [3.63, 3.8) is 0 Å². The molecule has 0 radical (unpaired) electrons. The predicted molar refractivity (Wildman–Crippen MR) is 69.7 cm³/mol. The monoisotopic (exact) mass is 275 g/mol. The largest absolute Gasteiger partial charge is 0.481 e. The van der Waals surface area contributed by atoms with Gasteiger partial charge in [0.1, 0.15) is 5.75 Å². The molecule has 1 fully saturated rings. The first kappa shape index (κ1) is 15.1. The number of carbonyl (C=O) groups excluding carboxylic acids is 1. The van der Waals surface area contributed by atoms with Crippen LogP contribution in [0.5, 0.6) is 0 Å². The highest BCUT2D eigenvalue weighted by molar-refractivity contribution is 7.86. The number of amides is 1. The van der Waals surface area contributed by atoms with Gasteiger partial charge in [0.25, 0.3) is 0 Å². The topological polar surface area (TPSA) is 74.7 Å². The van der Waals surface area contributed by atoms with E-state index >= 15 is 0 Å². The number of aliphatic carboxylic acids is 1. The Morgan fingerprint density at radius 1 is 1.39 bits per heavy atom. The third kappa shape index (κ3) is 4.08. The quantitative estimate of drug-likeness (QED) is 0.807. The Morgan fingerprint density at radius 3 is 2.39 bits per heavy atom. The molecule has 1 N–H and O–H groups in total. The van der Waals surface area contributed by atoms with E-state index in [2.05, 4.69) is 0 Å². The van der Waals surface area contributed by atoms with E-state index in [1.165, 1.54) is 0 Å². The minimum absolute atomic E-state index is 0.0329. The Hall–Kier alpha value is -0.910. The van der Waals surface area contributed by atoms with E-state index in [1.54, 1.807) is 4.90 Å². The first-order valence-corrected chi connectivity index (χ1v) is 7.71. The van der Waals surface area contributed by atoms with Crippen molar-refractivity contribution in [3.05, 3.63) is 0 Å². The van der Waals surface area contributed by atoms with E-state index in [9.17, 15) is 13.8 Å². The summed E-state index contributed by atoms with van der Waals surface area (Å²) in [6, 6.07) is 0. The van der Waals surface area contributed by atoms with Crippen molar-refractivity contribution in [2.75, 3.05) is 18.8 Å². The van der Waals surface area contributed by atoms with Gasteiger partial charge in [-0.1, -0.05) is 13.8 Å². The minimum Gasteiger partial charge on any atom is -0.481 e. The number of rotatable bonds is 5. The highest BCUT2D eigenvalue weighted by Crippen LogP contribution is 2.17. The van der Waals surface area contributed by atoms with Gasteiger partial charge in [0.15, 0.2) is 0 Å². The summed E-state index contributed by atoms with van der Waals surface area (Å²) in [5, 5.41) is 8.89. The van der Waals surface area contributed by atoms with E-state index in [4.69, 9.17) is 5.11 Å². The molecule has 0 aromatic heterocycles. The molecule has 1 aliphatic rings. The second kappa shape index (κ2) is 6.87. The second-order valence-corrected chi connectivity index (χ2v) is 6.59. The average Bonchev–Trinajstić information content (AvgIpc) is 2.37. The molecule has 1 aliphatic heterocycles. The maximum absolute atomic E-state index is 11.9. The zero-order valence-corrected chi connectivity index (χ0v) is 11.7. The fourth-order valence-electron chi connectivity index (χ4n) is 1.92. The van der Waals surface area contributed by atoms with Gasteiger partial charge >= 0.3 is 5.97 Å². The molecule has 6 heteroatoms. The Morgan fingerprint density at radius 2 is 1.94 bits per heavy atom. The lowest BCUT2D eigenvalue weighted by atomic mass is 9.97. The minimum atomic E-state index is -1.12. The molecule has 5 nitrogen and oxygen atoms in total. The zero-order valence-electron chi connectivity index (χ0n) is 10.9. The fraction of sp³-hybridized carbons (Fsp3) is 0.833. The van der Waals surface area contributed by atoms with Gasteiger partial charge in [-0.05, 0) is 19.3 Å². The number of carbonyl (C=O) groups is 2. The van der Waals surface area contributed by atoms with Gasteiger partial charge in [-0.25, -0.2) is 0 Å². The summed E-state index contributed by atoms with van der Waals surface area (Å²) in [7, 11) is -1.12. The van der Waals surface area contributed by atoms with Crippen molar-refractivity contribution in [1.29, 1.82) is 0 Å². The fourth-order valence-corrected chi connectivity index (χ4v) is 3.00. The van der Waals surface area contributed by atoms with Gasteiger partial charge in [-0.15, -0.1) is 0 Å². The van der Waals surface area contributed by atoms with Gasteiger partial charge in [-0.2, -0.15) is 0 Å². The number of hydrogen-bond acceptors (Lipinski definition) is 3. The molecule has 0 aliphatic carbocycles. The van der Waals surface area contributed by atoms with E-state index in [1.807, 2.05) is 13.8 Å². The summed E-state index contributed by atoms with van der Waals surface area (Å²) < 4.78 is 11.8. The normalized spacial score (nSPS) is 20.4. The van der Waals surface area contributed by atoms with Gasteiger partial charge in [0.05, 0.1) is 5.92 Å². The van der Waals surface area contributed by atoms with Crippen LogP contribution in [0.15, 0.2) is 0 Å². The third-order valence-corrected chi connectivity index (χ3v) is 5.25. The zero-order chi connectivity index (χ0) is 13.7. The van der Waals surface area contributed by atoms with Crippen molar-refractivity contribution in [2.24, 2.45) is 5.92 Å². The van der Waals surface area contributed by atoms with Crippen LogP contribution in [0.2, 0.25) is 0 Å². The molecule has 0 aromatic rings. The average molecular weight is 275 g/mol. The molecular weight excluding hydrogens is 254 g/mol. The van der Waals surface area contributed by atoms with Crippen molar-refractivity contribution in [1.82, 2.24) is 4.90 Å². The molecule has 1 heterocycles. The first-order valence-electron chi connectivity index (χ1n) is 6.33. The molecule has 2 unspecified atom stereocenters. The summed E-state index contributed by atoms with van der Waals surface area (Å²) >= 11 is 0. The predicted octanol–water partition coefficient (Wildman–Crippen LogP) is 0.857. The number of carboxylic acids is 1. The van der Waals surface area contributed by atoms with Crippen molar-refractivity contribution >= 4 is 22.7 Å². The molecule has 0 spiro atoms. The lowest BCUT2D eigenvalue weighted by Gasteiger charge is -2.30. The Labute approximate surface area is 110 Å². The Balaban J connectivity index is 2.41. The molecule has 0 aromatic carbocycles. The number of hydrogen-bond donors (Lipinski definition) is 1. The Kier molecular flexibility index (Phi) is 5.78. The van der Waals surface area contributed by atoms with Gasteiger partial charge < -0.3 is 10.0 Å². The van der Waals surface area contributed by atoms with Crippen molar-refractivity contribution in [3.8, 4) is 0 Å². The number of nitrogens with zero attached hydrogens (tertiary/aromatic N) is 1. The summed E-state index contributed by atoms with van der Waals surface area (Å²) in [4.78, 5) is 24.3. The van der Waals surface area contributed by atoms with E-state index in [-0.39, 0.29) is 22.8 Å². The van der Waals surface area contributed by atoms with Crippen LogP contribution in [-0.2, 0) is 20.4 Å². The maximum Gasteiger partial charge on any atom is 0.306 e. The first-order chi connectivity index (χ1) is 8.45. The standard InChI is InChI=1S/C12H21NO4S/c1-3-9(2)18(17)8-11(14)13-6-4-10(5-7-13)12(15)16/h9-10H,3-8H2,1-2H3,(H,15,16). The molecule has 1 rings (SSSR count). The SMILES string of the molecule is CCC(C)S(=O)CC(=O)N1CCC(C(=O)O)CC1. The molecule has 104 valence electrons. The summed E-state index contributed by atoms with van der Waals surface area (Å²) in [6.45, 7) is 4.76. The number of likely N-dealkylation sites (tertiary alicyclic amines) is 1. The molecule has 18 heavy (non-hydrogen) atoms. The van der Waals surface area contributed by atoms with Crippen LogP contribution in [0.1, 0.15) is 33.1 Å². The van der Waals surface area contributed by atoms with Crippen LogP contribution < -0.4 is 0 Å². The van der Waals surface area contributed by atoms with Crippen molar-refractivity contribution in [2.45, 2.75) is 38.4 Å². The van der Waals surface area contributed by atoms with Crippen LogP contribution in [-0.4, -0.2) is 50.2 Å². The van der Waals surface area contributed by atoms with E-state index in [0.717, 1.165) is 6.42 Å². The smallest absolute Gasteiger partial charge is 0.306 e. The van der Waals surface area contributed by atoms with E-state index in [0.29, 0.717) is 25.9 Å². The van der Waals surface area contributed by atoms with Gasteiger partial charge in [-0.3, -0.25) is 13.8 Å².